The maximum atomic E-state index is 12.1. The predicted octanol–water partition coefficient (Wildman–Crippen LogP) is 2.83. The van der Waals surface area contributed by atoms with Crippen molar-refractivity contribution in [3.63, 3.8) is 0 Å². The zero-order chi connectivity index (χ0) is 29.4. The van der Waals surface area contributed by atoms with Crippen LogP contribution in [-0.2, 0) is 57.2 Å². The number of thiol groups is 1. The quantitative estimate of drug-likeness (QED) is 0.134. The number of carbonyl (C=O) groups is 2. The molecule has 2 fully saturated rings. The molecule has 10 nitrogen and oxygen atoms in total. The van der Waals surface area contributed by atoms with E-state index in [2.05, 4.69) is 25.7 Å². The van der Waals surface area contributed by atoms with Gasteiger partial charge in [-0.2, -0.15) is 9.59 Å². The van der Waals surface area contributed by atoms with E-state index in [-0.39, 0.29) is 45.5 Å². The van der Waals surface area contributed by atoms with Crippen LogP contribution in [0.15, 0.2) is 12.1 Å². The molecule has 0 N–H and O–H groups in total. The summed E-state index contributed by atoms with van der Waals surface area (Å²) in [5.41, 5.74) is 2.34. The topological polar surface area (TPSA) is 118 Å². The third-order valence-corrected chi connectivity index (χ3v) is 8.46. The first-order valence-corrected chi connectivity index (χ1v) is 15.7. The van der Waals surface area contributed by atoms with E-state index in [1.807, 2.05) is 19.9 Å². The van der Waals surface area contributed by atoms with Gasteiger partial charge >= 0.3 is 259 Å². The number of carbonyl (C=O) groups excluding carboxylic acids is 4. The molecule has 0 unspecified atom stereocenters. The molecule has 1 aliphatic carbocycles. The normalized spacial score (nSPS) is 28.6. The Hall–Kier alpha value is -1.24. The Kier molecular flexibility index (Phi) is 15.0. The molecule has 2 aliphatic heterocycles. The van der Waals surface area contributed by atoms with Crippen LogP contribution in [0.5, 0.6) is 11.5 Å². The van der Waals surface area contributed by atoms with Gasteiger partial charge in [-0.15, -0.1) is 0 Å². The zero-order valence-electron chi connectivity index (χ0n) is 24.7. The van der Waals surface area contributed by atoms with Crippen molar-refractivity contribution in [2.75, 3.05) is 13.1 Å². The molecule has 0 aromatic heterocycles. The van der Waals surface area contributed by atoms with Crippen LogP contribution in [0, 0.1) is 11.8 Å². The molecule has 2 heterocycles. The van der Waals surface area contributed by atoms with Gasteiger partial charge in [0.05, 0.1) is 0 Å². The fourth-order valence-electron chi connectivity index (χ4n) is 6.13. The average molecular weight is 803 g/mol. The van der Waals surface area contributed by atoms with Crippen molar-refractivity contribution in [3.8, 4) is 11.5 Å². The maximum absolute atomic E-state index is 12.1. The summed E-state index contributed by atoms with van der Waals surface area (Å²) in [6.07, 6.45) is 2.72. The SMILES string of the molecule is CCCN1CCC[C@@H]2Cc3c(ccc(O[SH-]#P)c3O[C@@H]3O[C@H](C)[C@@H](C)[C@H](OC(C)=O)[C@H]3OC(C)=O)C[C@H]21.O=C=O.[TlH2]. The number of esters is 2. The molecule has 41 heavy (non-hydrogen) atoms. The van der Waals surface area contributed by atoms with Gasteiger partial charge in [0.25, 0.3) is 0 Å². The Bertz CT molecular complexity index is 1140. The van der Waals surface area contributed by atoms with Gasteiger partial charge in [0.1, 0.15) is 0 Å². The Labute approximate surface area is 267 Å². The van der Waals surface area contributed by atoms with Gasteiger partial charge in [-0.05, 0) is 0 Å². The second-order valence-electron chi connectivity index (χ2n) is 10.5. The summed E-state index contributed by atoms with van der Waals surface area (Å²) < 4.78 is 29.9. The number of ether oxygens (including phenoxy) is 4. The summed E-state index contributed by atoms with van der Waals surface area (Å²) in [4.78, 5) is 42.9. The van der Waals surface area contributed by atoms with Gasteiger partial charge in [0.15, 0.2) is 0 Å². The van der Waals surface area contributed by atoms with Crippen LogP contribution in [0.1, 0.15) is 65.0 Å². The number of fused-ring (bicyclic) bond motifs is 2. The van der Waals surface area contributed by atoms with Crippen molar-refractivity contribution in [2.24, 2.45) is 11.8 Å². The van der Waals surface area contributed by atoms with Gasteiger partial charge in [0, 0.05) is 0 Å². The predicted molar refractivity (Wildman–Crippen MR) is 157 cm³/mol. The van der Waals surface area contributed by atoms with Crippen LogP contribution >= 0.6 is 7.81 Å². The Balaban J connectivity index is 0.00000141. The number of hydrogen-bond acceptors (Lipinski definition) is 11. The fourth-order valence-corrected chi connectivity index (χ4v) is 6.63. The van der Waals surface area contributed by atoms with Crippen molar-refractivity contribution < 1.29 is 42.3 Å². The monoisotopic (exact) mass is 803 g/mol. The van der Waals surface area contributed by atoms with E-state index < -0.39 is 30.4 Å². The molecular formula is C28H41NO9PSTl-. The average Bonchev–Trinajstić information content (AvgIpc) is 2.90. The van der Waals surface area contributed by atoms with Crippen LogP contribution in [0.3, 0.4) is 0 Å². The molecule has 13 heteroatoms. The summed E-state index contributed by atoms with van der Waals surface area (Å²) in [6.45, 7) is 11.0. The number of likely N-dealkylation sites (tertiary alicyclic amines) is 1. The van der Waals surface area contributed by atoms with E-state index in [1.54, 1.807) is 0 Å². The van der Waals surface area contributed by atoms with Crippen molar-refractivity contribution in [2.45, 2.75) is 97.4 Å². The van der Waals surface area contributed by atoms with Gasteiger partial charge < -0.3 is 0 Å². The number of benzene rings is 1. The van der Waals surface area contributed by atoms with Crippen LogP contribution in [-0.4, -0.2) is 94.0 Å². The standard InChI is InChI=1S/C27H39NO7PS.CO2.Tl.2H/c1-6-11-28-12-7-8-20-13-21-19(14-22(20)28)9-10-23(35-37-36)25(21)34-27-26(33-18(5)30)24(32-17(4)29)15(2)16(3)31-27;2-1-3;;;/h9-10,15-16,20,22,24,26-27,37H,6-8,11-14H2,1-5H3;;;;/q-1;;;;/t15-,16-,20-,22-,24+,26-,27+;;;;/m1..../s1. The minimum atomic E-state index is -0.967. The molecule has 1 aromatic carbocycles. The number of hydrogen-bond donors (Lipinski definition) is 0. The van der Waals surface area contributed by atoms with Crippen LogP contribution in [0.25, 0.3) is 0 Å². The first kappa shape index (κ1) is 36.0. The molecule has 1 aromatic rings. The summed E-state index contributed by atoms with van der Waals surface area (Å²) >= 11 is 0.440. The summed E-state index contributed by atoms with van der Waals surface area (Å²) in [6, 6.07) is 4.57. The van der Waals surface area contributed by atoms with Crippen molar-refractivity contribution in [1.82, 2.24) is 4.90 Å². The number of rotatable bonds is 7. The molecule has 0 bridgehead atoms. The van der Waals surface area contributed by atoms with E-state index in [0.717, 1.165) is 37.9 Å². The fraction of sp³-hybridized carbons (Fsp3) is 0.679. The van der Waals surface area contributed by atoms with Gasteiger partial charge in [0.2, 0.25) is 0 Å². The Morgan fingerprint density at radius 2 is 1.78 bits per heavy atom. The third kappa shape index (κ3) is 9.13. The number of piperidine rings is 1. The summed E-state index contributed by atoms with van der Waals surface area (Å²) in [7, 11) is 4.25. The van der Waals surface area contributed by atoms with Crippen molar-refractivity contribution in [3.05, 3.63) is 23.3 Å². The van der Waals surface area contributed by atoms with Crippen molar-refractivity contribution in [1.29, 1.82) is 0 Å². The van der Waals surface area contributed by atoms with Gasteiger partial charge in [-0.1, -0.05) is 0 Å². The third-order valence-electron chi connectivity index (χ3n) is 7.94. The molecular weight excluding hydrogens is 762 g/mol. The van der Waals surface area contributed by atoms with E-state index in [4.69, 9.17) is 32.7 Å². The van der Waals surface area contributed by atoms with E-state index in [9.17, 15) is 9.59 Å². The Morgan fingerprint density at radius 3 is 2.39 bits per heavy atom. The molecule has 7 atom stereocenters. The summed E-state index contributed by atoms with van der Waals surface area (Å²) in [5, 5.41) is 0. The number of nitrogens with zero attached hydrogens (tertiary/aromatic N) is 1. The van der Waals surface area contributed by atoms with Crippen LogP contribution in [0.4, 0.5) is 0 Å². The van der Waals surface area contributed by atoms with Crippen LogP contribution in [0.2, 0.25) is 0 Å². The first-order valence-electron chi connectivity index (χ1n) is 13.7. The molecule has 0 spiro atoms. The molecule has 2 saturated heterocycles. The second kappa shape index (κ2) is 17.2. The molecule has 3 aliphatic rings. The first-order chi connectivity index (χ1) is 19.1. The molecule has 0 amide bonds. The molecule has 0 saturated carbocycles. The van der Waals surface area contributed by atoms with E-state index in [0.29, 0.717) is 34.5 Å². The Morgan fingerprint density at radius 1 is 1.12 bits per heavy atom. The minimum absolute atomic E-state index is 0. The van der Waals surface area contributed by atoms with Crippen LogP contribution < -0.4 is 8.92 Å². The van der Waals surface area contributed by atoms with Gasteiger partial charge in [-0.25, -0.2) is 0 Å². The molecule has 1 radical (unpaired) electrons. The van der Waals surface area contributed by atoms with Gasteiger partial charge in [-0.3, -0.25) is 0 Å². The van der Waals surface area contributed by atoms with E-state index >= 15 is 0 Å². The molecule has 4 rings (SSSR count). The molecule has 227 valence electrons. The second-order valence-corrected chi connectivity index (χ2v) is 11.4. The summed E-state index contributed by atoms with van der Waals surface area (Å²) in [5.74, 6) is 0.547. The zero-order valence-corrected chi connectivity index (χ0v) is 34.2. The van der Waals surface area contributed by atoms with Crippen molar-refractivity contribution >= 4 is 64.2 Å². The van der Waals surface area contributed by atoms with E-state index in [1.165, 1.54) is 32.3 Å².